The van der Waals surface area contributed by atoms with Crippen molar-refractivity contribution in [2.45, 2.75) is 19.5 Å². The lowest BCUT2D eigenvalue weighted by Crippen LogP contribution is -2.17. The highest BCUT2D eigenvalue weighted by atomic mass is 32.1. The molecule has 96 valence electrons. The van der Waals surface area contributed by atoms with Gasteiger partial charge in [0.25, 0.3) is 0 Å². The molecule has 1 atom stereocenters. The van der Waals surface area contributed by atoms with Gasteiger partial charge < -0.3 is 5.32 Å². The minimum atomic E-state index is 0.312. The van der Waals surface area contributed by atoms with E-state index in [9.17, 15) is 0 Å². The normalized spacial score (nSPS) is 12.7. The number of hydrogen-bond donors (Lipinski definition) is 1. The number of pyridine rings is 1. The Balaban J connectivity index is 1.73. The molecule has 0 bridgehead atoms. The summed E-state index contributed by atoms with van der Waals surface area (Å²) in [6.07, 6.45) is 3.73. The van der Waals surface area contributed by atoms with Crippen molar-refractivity contribution in [3.8, 4) is 0 Å². The van der Waals surface area contributed by atoms with Gasteiger partial charge in [-0.3, -0.25) is 4.98 Å². The van der Waals surface area contributed by atoms with Crippen LogP contribution in [0.5, 0.6) is 0 Å². The van der Waals surface area contributed by atoms with E-state index in [0.717, 1.165) is 6.54 Å². The summed E-state index contributed by atoms with van der Waals surface area (Å²) in [6, 6.07) is 13.0. The highest BCUT2D eigenvalue weighted by Gasteiger charge is 2.07. The molecule has 0 fully saturated rings. The van der Waals surface area contributed by atoms with Gasteiger partial charge in [-0.05, 0) is 40.9 Å². The van der Waals surface area contributed by atoms with E-state index in [0.29, 0.717) is 6.04 Å². The van der Waals surface area contributed by atoms with E-state index in [1.54, 1.807) is 0 Å². The lowest BCUT2D eigenvalue weighted by atomic mass is 10.1. The lowest BCUT2D eigenvalue weighted by molar-refractivity contribution is 0.575. The van der Waals surface area contributed by atoms with Gasteiger partial charge in [0.2, 0.25) is 0 Å². The Kier molecular flexibility index (Phi) is 3.58. The SMILES string of the molecule is CC(NCc1csc2ccccc12)c1cccnc1. The van der Waals surface area contributed by atoms with Gasteiger partial charge in [-0.15, -0.1) is 11.3 Å². The minimum Gasteiger partial charge on any atom is -0.306 e. The average molecular weight is 268 g/mol. The zero-order chi connectivity index (χ0) is 13.1. The number of hydrogen-bond acceptors (Lipinski definition) is 3. The number of nitrogens with zero attached hydrogens (tertiary/aromatic N) is 1. The maximum atomic E-state index is 4.16. The highest BCUT2D eigenvalue weighted by Crippen LogP contribution is 2.26. The first-order valence-electron chi connectivity index (χ1n) is 6.43. The fourth-order valence-corrected chi connectivity index (χ4v) is 3.15. The summed E-state index contributed by atoms with van der Waals surface area (Å²) >= 11 is 1.81. The van der Waals surface area contributed by atoms with E-state index < -0.39 is 0 Å². The molecule has 0 spiro atoms. The monoisotopic (exact) mass is 268 g/mol. The standard InChI is InChI=1S/C16H16N2S/c1-12(13-5-4-8-17-9-13)18-10-14-11-19-16-7-3-2-6-15(14)16/h2-9,11-12,18H,10H2,1H3. The van der Waals surface area contributed by atoms with Crippen LogP contribution >= 0.6 is 11.3 Å². The first kappa shape index (κ1) is 12.3. The maximum absolute atomic E-state index is 4.16. The second-order valence-corrected chi connectivity index (χ2v) is 5.56. The molecule has 1 unspecified atom stereocenters. The number of aromatic nitrogens is 1. The summed E-state index contributed by atoms with van der Waals surface area (Å²) in [5.41, 5.74) is 2.60. The van der Waals surface area contributed by atoms with E-state index >= 15 is 0 Å². The number of benzene rings is 1. The Labute approximate surface area is 117 Å². The van der Waals surface area contributed by atoms with Crippen LogP contribution in [0.25, 0.3) is 10.1 Å². The molecule has 3 aromatic rings. The maximum Gasteiger partial charge on any atom is 0.0346 e. The molecule has 0 saturated carbocycles. The molecule has 2 nitrogen and oxygen atoms in total. The molecule has 0 radical (unpaired) electrons. The molecule has 1 aromatic carbocycles. The fraction of sp³-hybridized carbons (Fsp3) is 0.188. The van der Waals surface area contributed by atoms with Gasteiger partial charge in [0.15, 0.2) is 0 Å². The van der Waals surface area contributed by atoms with Crippen molar-refractivity contribution < 1.29 is 0 Å². The molecule has 0 aliphatic heterocycles. The first-order chi connectivity index (χ1) is 9.34. The van der Waals surface area contributed by atoms with E-state index in [2.05, 4.69) is 52.9 Å². The Morgan fingerprint density at radius 2 is 2.11 bits per heavy atom. The largest absolute Gasteiger partial charge is 0.306 e. The van der Waals surface area contributed by atoms with E-state index in [1.165, 1.54) is 21.2 Å². The van der Waals surface area contributed by atoms with Crippen molar-refractivity contribution in [1.82, 2.24) is 10.3 Å². The Bertz CT molecular complexity index is 661. The van der Waals surface area contributed by atoms with Crippen molar-refractivity contribution in [3.63, 3.8) is 0 Å². The summed E-state index contributed by atoms with van der Waals surface area (Å²) in [7, 11) is 0. The van der Waals surface area contributed by atoms with Crippen molar-refractivity contribution in [1.29, 1.82) is 0 Å². The van der Waals surface area contributed by atoms with Crippen LogP contribution in [0.2, 0.25) is 0 Å². The highest BCUT2D eigenvalue weighted by molar-refractivity contribution is 7.17. The molecule has 19 heavy (non-hydrogen) atoms. The Morgan fingerprint density at radius 1 is 1.21 bits per heavy atom. The van der Waals surface area contributed by atoms with Crippen LogP contribution in [-0.2, 0) is 6.54 Å². The second-order valence-electron chi connectivity index (χ2n) is 4.65. The zero-order valence-electron chi connectivity index (χ0n) is 10.8. The van der Waals surface area contributed by atoms with Crippen LogP contribution in [0, 0.1) is 0 Å². The summed E-state index contributed by atoms with van der Waals surface area (Å²) in [6.45, 7) is 3.06. The quantitative estimate of drug-likeness (QED) is 0.769. The van der Waals surface area contributed by atoms with Crippen LogP contribution in [-0.4, -0.2) is 4.98 Å². The van der Waals surface area contributed by atoms with Gasteiger partial charge in [0.05, 0.1) is 0 Å². The number of thiophene rings is 1. The number of fused-ring (bicyclic) bond motifs is 1. The molecule has 2 heterocycles. The van der Waals surface area contributed by atoms with Crippen molar-refractivity contribution in [3.05, 3.63) is 65.3 Å². The summed E-state index contributed by atoms with van der Waals surface area (Å²) < 4.78 is 1.35. The molecular formula is C16H16N2S. The molecule has 3 heteroatoms. The van der Waals surface area contributed by atoms with Crippen molar-refractivity contribution in [2.24, 2.45) is 0 Å². The van der Waals surface area contributed by atoms with Crippen LogP contribution in [0.1, 0.15) is 24.1 Å². The second kappa shape index (κ2) is 5.51. The molecular weight excluding hydrogens is 252 g/mol. The third kappa shape index (κ3) is 2.67. The van der Waals surface area contributed by atoms with Gasteiger partial charge in [-0.1, -0.05) is 24.3 Å². The van der Waals surface area contributed by atoms with Crippen molar-refractivity contribution >= 4 is 21.4 Å². The zero-order valence-corrected chi connectivity index (χ0v) is 11.7. The predicted molar refractivity (Wildman–Crippen MR) is 81.3 cm³/mol. The van der Waals surface area contributed by atoms with E-state index in [4.69, 9.17) is 0 Å². The Morgan fingerprint density at radius 3 is 2.95 bits per heavy atom. The molecule has 0 aliphatic carbocycles. The molecule has 0 aliphatic rings. The minimum absolute atomic E-state index is 0.312. The number of nitrogens with one attached hydrogen (secondary N) is 1. The van der Waals surface area contributed by atoms with Gasteiger partial charge >= 0.3 is 0 Å². The van der Waals surface area contributed by atoms with E-state index in [1.807, 2.05) is 29.8 Å². The Hall–Kier alpha value is -1.71. The molecule has 0 saturated heterocycles. The third-order valence-electron chi connectivity index (χ3n) is 3.34. The van der Waals surface area contributed by atoms with Gasteiger partial charge in [0, 0.05) is 29.7 Å². The topological polar surface area (TPSA) is 24.9 Å². The molecule has 0 amide bonds. The van der Waals surface area contributed by atoms with Crippen LogP contribution in [0.4, 0.5) is 0 Å². The molecule has 1 N–H and O–H groups in total. The smallest absolute Gasteiger partial charge is 0.0346 e. The summed E-state index contributed by atoms with van der Waals surface area (Å²) in [4.78, 5) is 4.16. The number of rotatable bonds is 4. The molecule has 2 aromatic heterocycles. The van der Waals surface area contributed by atoms with Crippen molar-refractivity contribution in [2.75, 3.05) is 0 Å². The average Bonchev–Trinajstić information content (AvgIpc) is 2.89. The third-order valence-corrected chi connectivity index (χ3v) is 4.36. The summed E-state index contributed by atoms with van der Waals surface area (Å²) in [5.74, 6) is 0. The van der Waals surface area contributed by atoms with E-state index in [-0.39, 0.29) is 0 Å². The van der Waals surface area contributed by atoms with Gasteiger partial charge in [-0.25, -0.2) is 0 Å². The van der Waals surface area contributed by atoms with Crippen LogP contribution in [0.15, 0.2) is 54.2 Å². The lowest BCUT2D eigenvalue weighted by Gasteiger charge is -2.13. The van der Waals surface area contributed by atoms with Gasteiger partial charge in [0.1, 0.15) is 0 Å². The first-order valence-corrected chi connectivity index (χ1v) is 7.31. The van der Waals surface area contributed by atoms with Gasteiger partial charge in [-0.2, -0.15) is 0 Å². The van der Waals surface area contributed by atoms with Crippen LogP contribution < -0.4 is 5.32 Å². The van der Waals surface area contributed by atoms with Crippen LogP contribution in [0.3, 0.4) is 0 Å². The fourth-order valence-electron chi connectivity index (χ4n) is 2.18. The summed E-state index contributed by atoms with van der Waals surface area (Å²) in [5, 5.41) is 7.16. The molecule has 3 rings (SSSR count). The predicted octanol–water partition coefficient (Wildman–Crippen LogP) is 4.15.